The fourth-order valence-corrected chi connectivity index (χ4v) is 2.44. The summed E-state index contributed by atoms with van der Waals surface area (Å²) in [4.78, 5) is 22.9. The molecule has 23 heavy (non-hydrogen) atoms. The van der Waals surface area contributed by atoms with E-state index < -0.39 is 5.97 Å². The SMILES string of the molecule is O=C(Cc1cccc2ccccc12)Oc1ccc(C(=O)O)cc1. The lowest BCUT2D eigenvalue weighted by Gasteiger charge is -2.07. The minimum absolute atomic E-state index is 0.152. The highest BCUT2D eigenvalue weighted by Crippen LogP contribution is 2.20. The maximum absolute atomic E-state index is 12.1. The van der Waals surface area contributed by atoms with Crippen LogP contribution in [0.4, 0.5) is 0 Å². The second kappa shape index (κ2) is 6.32. The van der Waals surface area contributed by atoms with E-state index in [9.17, 15) is 9.59 Å². The Morgan fingerprint density at radius 3 is 2.30 bits per heavy atom. The number of hydrogen-bond acceptors (Lipinski definition) is 3. The van der Waals surface area contributed by atoms with Crippen LogP contribution in [-0.4, -0.2) is 17.0 Å². The van der Waals surface area contributed by atoms with Crippen LogP contribution in [0.5, 0.6) is 5.75 Å². The van der Waals surface area contributed by atoms with Crippen molar-refractivity contribution in [1.29, 1.82) is 0 Å². The molecule has 0 fully saturated rings. The quantitative estimate of drug-likeness (QED) is 0.590. The van der Waals surface area contributed by atoms with Gasteiger partial charge in [-0.25, -0.2) is 4.79 Å². The van der Waals surface area contributed by atoms with E-state index >= 15 is 0 Å². The smallest absolute Gasteiger partial charge is 0.335 e. The Hall–Kier alpha value is -3.14. The number of rotatable bonds is 4. The maximum Gasteiger partial charge on any atom is 0.335 e. The molecule has 4 nitrogen and oxygen atoms in total. The molecule has 0 saturated carbocycles. The van der Waals surface area contributed by atoms with E-state index in [0.29, 0.717) is 5.75 Å². The molecule has 0 radical (unpaired) electrons. The molecule has 3 rings (SSSR count). The molecule has 3 aromatic rings. The number of ether oxygens (including phenoxy) is 1. The topological polar surface area (TPSA) is 63.6 Å². The first kappa shape index (κ1) is 14.8. The van der Waals surface area contributed by atoms with Crippen molar-refractivity contribution in [3.05, 3.63) is 77.9 Å². The van der Waals surface area contributed by atoms with Crippen molar-refractivity contribution in [2.45, 2.75) is 6.42 Å². The predicted molar refractivity (Wildman–Crippen MR) is 86.7 cm³/mol. The summed E-state index contributed by atoms with van der Waals surface area (Å²) in [7, 11) is 0. The van der Waals surface area contributed by atoms with Gasteiger partial charge in [-0.3, -0.25) is 4.79 Å². The molecule has 0 aliphatic heterocycles. The summed E-state index contributed by atoms with van der Waals surface area (Å²) in [5.41, 5.74) is 1.05. The van der Waals surface area contributed by atoms with Crippen LogP contribution in [0, 0.1) is 0 Å². The highest BCUT2D eigenvalue weighted by atomic mass is 16.5. The van der Waals surface area contributed by atoms with Gasteiger partial charge >= 0.3 is 11.9 Å². The number of fused-ring (bicyclic) bond motifs is 1. The third kappa shape index (κ3) is 3.37. The standard InChI is InChI=1S/C19H14O4/c20-18(23-16-10-8-14(9-11-16)19(21)22)12-15-6-3-5-13-4-1-2-7-17(13)15/h1-11H,12H2,(H,21,22). The van der Waals surface area contributed by atoms with Crippen molar-refractivity contribution in [3.8, 4) is 5.75 Å². The van der Waals surface area contributed by atoms with Gasteiger partial charge in [0, 0.05) is 0 Å². The molecule has 0 unspecified atom stereocenters. The third-order valence-corrected chi connectivity index (χ3v) is 3.55. The molecule has 0 aliphatic rings. The predicted octanol–water partition coefficient (Wildman–Crippen LogP) is 3.69. The summed E-state index contributed by atoms with van der Waals surface area (Å²) in [6, 6.07) is 19.4. The molecule has 0 spiro atoms. The Balaban J connectivity index is 1.75. The molecular weight excluding hydrogens is 292 g/mol. The minimum Gasteiger partial charge on any atom is -0.478 e. The van der Waals surface area contributed by atoms with Gasteiger partial charge in [0.1, 0.15) is 5.75 Å². The van der Waals surface area contributed by atoms with E-state index in [1.54, 1.807) is 0 Å². The zero-order valence-corrected chi connectivity index (χ0v) is 12.2. The van der Waals surface area contributed by atoms with E-state index in [4.69, 9.17) is 9.84 Å². The maximum atomic E-state index is 12.1. The van der Waals surface area contributed by atoms with Crippen molar-refractivity contribution in [3.63, 3.8) is 0 Å². The van der Waals surface area contributed by atoms with Gasteiger partial charge in [-0.05, 0) is 40.6 Å². The summed E-state index contributed by atoms with van der Waals surface area (Å²) in [6.07, 6.45) is 0.155. The summed E-state index contributed by atoms with van der Waals surface area (Å²) >= 11 is 0. The van der Waals surface area contributed by atoms with Crippen LogP contribution < -0.4 is 4.74 Å². The molecule has 0 atom stereocenters. The molecular formula is C19H14O4. The summed E-state index contributed by atoms with van der Waals surface area (Å²) < 4.78 is 5.27. The highest BCUT2D eigenvalue weighted by Gasteiger charge is 2.10. The average molecular weight is 306 g/mol. The molecule has 0 aromatic heterocycles. The first-order valence-electron chi connectivity index (χ1n) is 7.14. The van der Waals surface area contributed by atoms with Crippen molar-refractivity contribution >= 4 is 22.7 Å². The zero-order valence-electron chi connectivity index (χ0n) is 12.2. The zero-order chi connectivity index (χ0) is 16.2. The van der Waals surface area contributed by atoms with Gasteiger partial charge in [0.2, 0.25) is 0 Å². The second-order valence-electron chi connectivity index (χ2n) is 5.12. The van der Waals surface area contributed by atoms with Crippen LogP contribution in [0.1, 0.15) is 15.9 Å². The van der Waals surface area contributed by atoms with E-state index in [0.717, 1.165) is 16.3 Å². The lowest BCUT2D eigenvalue weighted by molar-refractivity contribution is -0.133. The van der Waals surface area contributed by atoms with Gasteiger partial charge in [0.05, 0.1) is 12.0 Å². The number of carbonyl (C=O) groups excluding carboxylic acids is 1. The Morgan fingerprint density at radius 1 is 0.870 bits per heavy atom. The summed E-state index contributed by atoms with van der Waals surface area (Å²) in [5, 5.41) is 10.9. The van der Waals surface area contributed by atoms with Gasteiger partial charge in [-0.15, -0.1) is 0 Å². The number of carboxylic acid groups (broad SMARTS) is 1. The normalized spacial score (nSPS) is 10.4. The lowest BCUT2D eigenvalue weighted by Crippen LogP contribution is -2.11. The minimum atomic E-state index is -1.02. The molecule has 4 heteroatoms. The number of esters is 1. The number of carboxylic acids is 1. The molecule has 0 aliphatic carbocycles. The van der Waals surface area contributed by atoms with Gasteiger partial charge in [0.15, 0.2) is 0 Å². The monoisotopic (exact) mass is 306 g/mol. The Labute approximate surface area is 132 Å². The Morgan fingerprint density at radius 2 is 1.57 bits per heavy atom. The number of hydrogen-bond donors (Lipinski definition) is 1. The van der Waals surface area contributed by atoms with E-state index in [-0.39, 0.29) is 18.0 Å². The van der Waals surface area contributed by atoms with Gasteiger partial charge in [-0.1, -0.05) is 42.5 Å². The van der Waals surface area contributed by atoms with E-state index in [2.05, 4.69) is 0 Å². The summed E-state index contributed by atoms with van der Waals surface area (Å²) in [5.74, 6) is -1.07. The average Bonchev–Trinajstić information content (AvgIpc) is 2.55. The van der Waals surface area contributed by atoms with Crippen molar-refractivity contribution in [2.75, 3.05) is 0 Å². The van der Waals surface area contributed by atoms with Crippen LogP contribution >= 0.6 is 0 Å². The largest absolute Gasteiger partial charge is 0.478 e. The van der Waals surface area contributed by atoms with Crippen LogP contribution in [0.25, 0.3) is 10.8 Å². The fraction of sp³-hybridized carbons (Fsp3) is 0.0526. The van der Waals surface area contributed by atoms with Crippen molar-refractivity contribution in [2.24, 2.45) is 0 Å². The van der Waals surface area contributed by atoms with Gasteiger partial charge in [0.25, 0.3) is 0 Å². The molecule has 3 aromatic carbocycles. The van der Waals surface area contributed by atoms with E-state index in [1.165, 1.54) is 24.3 Å². The lowest BCUT2D eigenvalue weighted by atomic mass is 10.0. The van der Waals surface area contributed by atoms with Crippen LogP contribution in [0.15, 0.2) is 66.7 Å². The van der Waals surface area contributed by atoms with Crippen molar-refractivity contribution in [1.82, 2.24) is 0 Å². The van der Waals surface area contributed by atoms with Crippen LogP contribution in [-0.2, 0) is 11.2 Å². The number of carbonyl (C=O) groups is 2. The molecule has 0 saturated heterocycles. The Kier molecular flexibility index (Phi) is 4.06. The number of aromatic carboxylic acids is 1. The van der Waals surface area contributed by atoms with Gasteiger partial charge in [-0.2, -0.15) is 0 Å². The molecule has 0 bridgehead atoms. The van der Waals surface area contributed by atoms with Gasteiger partial charge < -0.3 is 9.84 Å². The van der Waals surface area contributed by atoms with Crippen LogP contribution in [0.2, 0.25) is 0 Å². The van der Waals surface area contributed by atoms with E-state index in [1.807, 2.05) is 42.5 Å². The first-order valence-corrected chi connectivity index (χ1v) is 7.14. The summed E-state index contributed by atoms with van der Waals surface area (Å²) in [6.45, 7) is 0. The fourth-order valence-electron chi connectivity index (χ4n) is 2.44. The number of benzene rings is 3. The molecule has 0 amide bonds. The first-order chi connectivity index (χ1) is 11.1. The molecule has 0 heterocycles. The van der Waals surface area contributed by atoms with Crippen LogP contribution in [0.3, 0.4) is 0 Å². The third-order valence-electron chi connectivity index (χ3n) is 3.55. The molecule has 1 N–H and O–H groups in total. The Bertz CT molecular complexity index is 861. The highest BCUT2D eigenvalue weighted by molar-refractivity contribution is 5.90. The second-order valence-corrected chi connectivity index (χ2v) is 5.12. The van der Waals surface area contributed by atoms with Crippen molar-refractivity contribution < 1.29 is 19.4 Å². The molecule has 114 valence electrons.